The number of hydrogen-bond acceptors (Lipinski definition) is 1. The Hall–Kier alpha value is -1.31. The number of amides is 1. The van der Waals surface area contributed by atoms with Crippen LogP contribution in [0.2, 0.25) is 0 Å². The van der Waals surface area contributed by atoms with Gasteiger partial charge in [0.15, 0.2) is 0 Å². The summed E-state index contributed by atoms with van der Waals surface area (Å²) in [6, 6.07) is 8.30. The quantitative estimate of drug-likeness (QED) is 0.810. The highest BCUT2D eigenvalue weighted by Gasteiger charge is 2.09. The molecule has 2 heteroatoms. The highest BCUT2D eigenvalue weighted by molar-refractivity contribution is 5.78. The zero-order chi connectivity index (χ0) is 12.0. The van der Waals surface area contributed by atoms with E-state index in [-0.39, 0.29) is 11.8 Å². The predicted octanol–water partition coefficient (Wildman–Crippen LogP) is 2.70. The third-order valence-electron chi connectivity index (χ3n) is 3.01. The van der Waals surface area contributed by atoms with Crippen molar-refractivity contribution in [2.75, 3.05) is 6.54 Å². The average molecular weight is 219 g/mol. The van der Waals surface area contributed by atoms with Crippen molar-refractivity contribution in [3.63, 3.8) is 0 Å². The minimum atomic E-state index is 0.122. The van der Waals surface area contributed by atoms with Crippen LogP contribution in [0.3, 0.4) is 0 Å². The minimum absolute atomic E-state index is 0.122. The topological polar surface area (TPSA) is 29.1 Å². The Kier molecular flexibility index (Phi) is 5.03. The standard InChI is InChI=1S/C14H21NO/c1-4-11(2)14(16)15-10-9-13-8-6-5-7-12(13)3/h5-8,11H,4,9-10H2,1-3H3,(H,15,16). The first-order valence-corrected chi connectivity index (χ1v) is 5.97. The summed E-state index contributed by atoms with van der Waals surface area (Å²) >= 11 is 0. The van der Waals surface area contributed by atoms with Crippen LogP contribution >= 0.6 is 0 Å². The lowest BCUT2D eigenvalue weighted by Gasteiger charge is -2.10. The number of benzene rings is 1. The van der Waals surface area contributed by atoms with E-state index in [0.717, 1.165) is 19.4 Å². The molecule has 0 saturated heterocycles. The van der Waals surface area contributed by atoms with Crippen molar-refractivity contribution >= 4 is 5.91 Å². The van der Waals surface area contributed by atoms with E-state index >= 15 is 0 Å². The molecule has 0 fully saturated rings. The van der Waals surface area contributed by atoms with E-state index in [1.54, 1.807) is 0 Å². The molecule has 1 amide bonds. The summed E-state index contributed by atoms with van der Waals surface area (Å²) < 4.78 is 0. The second-order valence-electron chi connectivity index (χ2n) is 4.28. The fourth-order valence-corrected chi connectivity index (χ4v) is 1.57. The lowest BCUT2D eigenvalue weighted by molar-refractivity contribution is -0.124. The smallest absolute Gasteiger partial charge is 0.222 e. The molecular weight excluding hydrogens is 198 g/mol. The Morgan fingerprint density at radius 3 is 2.69 bits per heavy atom. The largest absolute Gasteiger partial charge is 0.356 e. The van der Waals surface area contributed by atoms with Crippen LogP contribution in [0, 0.1) is 12.8 Å². The van der Waals surface area contributed by atoms with Crippen LogP contribution in [0.25, 0.3) is 0 Å². The molecule has 0 radical (unpaired) electrons. The first-order valence-electron chi connectivity index (χ1n) is 5.97. The average Bonchev–Trinajstić information content (AvgIpc) is 2.30. The fourth-order valence-electron chi connectivity index (χ4n) is 1.57. The molecule has 1 rings (SSSR count). The molecule has 1 N–H and O–H groups in total. The highest BCUT2D eigenvalue weighted by Crippen LogP contribution is 2.07. The van der Waals surface area contributed by atoms with E-state index in [1.165, 1.54) is 11.1 Å². The summed E-state index contributed by atoms with van der Waals surface area (Å²) in [6.45, 7) is 6.83. The van der Waals surface area contributed by atoms with Gasteiger partial charge < -0.3 is 5.32 Å². The van der Waals surface area contributed by atoms with Gasteiger partial charge in [-0.3, -0.25) is 4.79 Å². The molecule has 0 spiro atoms. The fraction of sp³-hybridized carbons (Fsp3) is 0.500. The van der Waals surface area contributed by atoms with Crippen molar-refractivity contribution in [1.82, 2.24) is 5.32 Å². The predicted molar refractivity (Wildman–Crippen MR) is 67.3 cm³/mol. The molecule has 1 atom stereocenters. The van der Waals surface area contributed by atoms with Crippen LogP contribution in [0.15, 0.2) is 24.3 Å². The molecule has 88 valence electrons. The van der Waals surface area contributed by atoms with Crippen molar-refractivity contribution in [2.45, 2.75) is 33.6 Å². The second kappa shape index (κ2) is 6.31. The zero-order valence-corrected chi connectivity index (χ0v) is 10.4. The maximum absolute atomic E-state index is 11.5. The maximum Gasteiger partial charge on any atom is 0.222 e. The van der Waals surface area contributed by atoms with Crippen molar-refractivity contribution in [3.8, 4) is 0 Å². The summed E-state index contributed by atoms with van der Waals surface area (Å²) in [5.74, 6) is 0.285. The maximum atomic E-state index is 11.5. The van der Waals surface area contributed by atoms with Gasteiger partial charge >= 0.3 is 0 Å². The Bertz CT molecular complexity index is 346. The van der Waals surface area contributed by atoms with Gasteiger partial charge in [-0.1, -0.05) is 38.1 Å². The summed E-state index contributed by atoms with van der Waals surface area (Å²) in [7, 11) is 0. The van der Waals surface area contributed by atoms with E-state index in [2.05, 4.69) is 24.4 Å². The molecule has 0 aliphatic carbocycles. The summed E-state index contributed by atoms with van der Waals surface area (Å²) in [4.78, 5) is 11.5. The number of nitrogens with one attached hydrogen (secondary N) is 1. The van der Waals surface area contributed by atoms with Gasteiger partial charge in [-0.2, -0.15) is 0 Å². The van der Waals surface area contributed by atoms with E-state index in [1.807, 2.05) is 26.0 Å². The molecule has 0 heterocycles. The lowest BCUT2D eigenvalue weighted by atomic mass is 10.1. The van der Waals surface area contributed by atoms with Crippen LogP contribution in [-0.4, -0.2) is 12.5 Å². The second-order valence-corrected chi connectivity index (χ2v) is 4.28. The molecule has 0 bridgehead atoms. The molecule has 1 aromatic rings. The molecule has 16 heavy (non-hydrogen) atoms. The SMILES string of the molecule is CCC(C)C(=O)NCCc1ccccc1C. The first kappa shape index (κ1) is 12.8. The van der Waals surface area contributed by atoms with Crippen LogP contribution in [-0.2, 0) is 11.2 Å². The van der Waals surface area contributed by atoms with Gasteiger partial charge in [0.2, 0.25) is 5.91 Å². The molecule has 0 saturated carbocycles. The van der Waals surface area contributed by atoms with Crippen LogP contribution in [0.1, 0.15) is 31.4 Å². The molecule has 0 aromatic heterocycles. The number of hydrogen-bond donors (Lipinski definition) is 1. The third kappa shape index (κ3) is 3.69. The van der Waals surface area contributed by atoms with Crippen LogP contribution in [0.4, 0.5) is 0 Å². The van der Waals surface area contributed by atoms with E-state index in [0.29, 0.717) is 0 Å². The van der Waals surface area contributed by atoms with Gasteiger partial charge in [-0.25, -0.2) is 0 Å². The third-order valence-corrected chi connectivity index (χ3v) is 3.01. The van der Waals surface area contributed by atoms with Gasteiger partial charge in [0, 0.05) is 12.5 Å². The summed E-state index contributed by atoms with van der Waals surface area (Å²) in [6.07, 6.45) is 1.81. The van der Waals surface area contributed by atoms with Crippen molar-refractivity contribution in [1.29, 1.82) is 0 Å². The van der Waals surface area contributed by atoms with Gasteiger partial charge in [-0.05, 0) is 30.9 Å². The van der Waals surface area contributed by atoms with Gasteiger partial charge in [-0.15, -0.1) is 0 Å². The molecule has 1 unspecified atom stereocenters. The van der Waals surface area contributed by atoms with Crippen molar-refractivity contribution < 1.29 is 4.79 Å². The normalized spacial score (nSPS) is 12.2. The minimum Gasteiger partial charge on any atom is -0.356 e. The van der Waals surface area contributed by atoms with Crippen LogP contribution < -0.4 is 5.32 Å². The summed E-state index contributed by atoms with van der Waals surface area (Å²) in [5.41, 5.74) is 2.60. The number of rotatable bonds is 5. The van der Waals surface area contributed by atoms with Gasteiger partial charge in [0.05, 0.1) is 0 Å². The van der Waals surface area contributed by atoms with E-state index in [9.17, 15) is 4.79 Å². The van der Waals surface area contributed by atoms with Crippen molar-refractivity contribution in [2.24, 2.45) is 5.92 Å². The van der Waals surface area contributed by atoms with Crippen molar-refractivity contribution in [3.05, 3.63) is 35.4 Å². The molecule has 2 nitrogen and oxygen atoms in total. The first-order chi connectivity index (χ1) is 7.65. The molecule has 1 aromatic carbocycles. The lowest BCUT2D eigenvalue weighted by Crippen LogP contribution is -2.30. The Balaban J connectivity index is 2.36. The van der Waals surface area contributed by atoms with Gasteiger partial charge in [0.25, 0.3) is 0 Å². The molecule has 0 aliphatic heterocycles. The summed E-state index contributed by atoms with van der Waals surface area (Å²) in [5, 5.41) is 2.97. The number of carbonyl (C=O) groups excluding carboxylic acids is 1. The van der Waals surface area contributed by atoms with E-state index < -0.39 is 0 Å². The Labute approximate surface area is 98.1 Å². The van der Waals surface area contributed by atoms with Crippen LogP contribution in [0.5, 0.6) is 0 Å². The van der Waals surface area contributed by atoms with Gasteiger partial charge in [0.1, 0.15) is 0 Å². The monoisotopic (exact) mass is 219 g/mol. The highest BCUT2D eigenvalue weighted by atomic mass is 16.1. The van der Waals surface area contributed by atoms with E-state index in [4.69, 9.17) is 0 Å². The molecule has 0 aliphatic rings. The zero-order valence-electron chi connectivity index (χ0n) is 10.4. The molecular formula is C14H21NO. The number of aryl methyl sites for hydroxylation is 1. The Morgan fingerprint density at radius 1 is 1.38 bits per heavy atom. The number of carbonyl (C=O) groups is 1. The Morgan fingerprint density at radius 2 is 2.06 bits per heavy atom.